The summed E-state index contributed by atoms with van der Waals surface area (Å²) in [6, 6.07) is 5.02. The Labute approximate surface area is 118 Å². The van der Waals surface area contributed by atoms with Crippen LogP contribution < -0.4 is 4.74 Å². The molecule has 1 aromatic rings. The van der Waals surface area contributed by atoms with Crippen molar-refractivity contribution < 1.29 is 9.53 Å². The molecule has 1 rings (SSSR count). The fourth-order valence-electron chi connectivity index (χ4n) is 1.70. The first-order valence-corrected chi connectivity index (χ1v) is 6.74. The van der Waals surface area contributed by atoms with E-state index in [4.69, 9.17) is 27.9 Å². The molecule has 0 radical (unpaired) electrons. The van der Waals surface area contributed by atoms with Crippen molar-refractivity contribution in [3.05, 3.63) is 28.8 Å². The first-order chi connectivity index (χ1) is 8.63. The zero-order chi connectivity index (χ0) is 13.5. The molecule has 0 aliphatic rings. The van der Waals surface area contributed by atoms with E-state index in [1.54, 1.807) is 23.1 Å². The fourth-order valence-corrected chi connectivity index (χ4v) is 2.08. The van der Waals surface area contributed by atoms with Gasteiger partial charge in [-0.1, -0.05) is 18.5 Å². The number of nitrogens with zero attached hydrogens (tertiary/aromatic N) is 1. The highest BCUT2D eigenvalue weighted by molar-refractivity contribution is 6.31. The molecule has 3 nitrogen and oxygen atoms in total. The molecule has 0 heterocycles. The lowest BCUT2D eigenvalue weighted by Gasteiger charge is -2.22. The Morgan fingerprint density at radius 1 is 1.39 bits per heavy atom. The molecule has 0 N–H and O–H groups in total. The van der Waals surface area contributed by atoms with E-state index in [1.165, 1.54) is 7.11 Å². The maximum Gasteiger partial charge on any atom is 0.257 e. The van der Waals surface area contributed by atoms with Gasteiger partial charge in [0.1, 0.15) is 5.75 Å². The topological polar surface area (TPSA) is 29.5 Å². The standard InChI is InChI=1S/C13H17Cl2NO2/c1-3-7-16(8-6-14)13(17)11-9-10(15)4-5-12(11)18-2/h4-5,9H,3,6-8H2,1-2H3. The lowest BCUT2D eigenvalue weighted by atomic mass is 10.1. The molecule has 100 valence electrons. The van der Waals surface area contributed by atoms with Gasteiger partial charge < -0.3 is 9.64 Å². The van der Waals surface area contributed by atoms with E-state index < -0.39 is 0 Å². The number of hydrogen-bond donors (Lipinski definition) is 0. The molecule has 0 aliphatic carbocycles. The number of carbonyl (C=O) groups is 1. The van der Waals surface area contributed by atoms with E-state index in [0.717, 1.165) is 6.42 Å². The SMILES string of the molecule is CCCN(CCCl)C(=O)c1cc(Cl)ccc1OC. The van der Waals surface area contributed by atoms with Crippen molar-refractivity contribution in [1.82, 2.24) is 4.90 Å². The summed E-state index contributed by atoms with van der Waals surface area (Å²) in [5.74, 6) is 0.839. The van der Waals surface area contributed by atoms with E-state index in [0.29, 0.717) is 35.3 Å². The Morgan fingerprint density at radius 2 is 2.11 bits per heavy atom. The number of rotatable bonds is 6. The van der Waals surface area contributed by atoms with Crippen LogP contribution in [-0.2, 0) is 0 Å². The molecule has 0 saturated carbocycles. The smallest absolute Gasteiger partial charge is 0.257 e. The predicted octanol–water partition coefficient (Wildman–Crippen LogP) is 3.44. The molecule has 5 heteroatoms. The molecule has 0 spiro atoms. The van der Waals surface area contributed by atoms with Gasteiger partial charge in [0.2, 0.25) is 0 Å². The van der Waals surface area contributed by atoms with E-state index in [2.05, 4.69) is 0 Å². The maximum absolute atomic E-state index is 12.4. The number of benzene rings is 1. The second-order valence-corrected chi connectivity index (χ2v) is 4.64. The summed E-state index contributed by atoms with van der Waals surface area (Å²) in [4.78, 5) is 14.1. The largest absolute Gasteiger partial charge is 0.496 e. The van der Waals surface area contributed by atoms with Crippen LogP contribution in [0.4, 0.5) is 0 Å². The van der Waals surface area contributed by atoms with Crippen LogP contribution in [0, 0.1) is 0 Å². The minimum Gasteiger partial charge on any atom is -0.496 e. The second-order valence-electron chi connectivity index (χ2n) is 3.83. The third-order valence-electron chi connectivity index (χ3n) is 2.53. The van der Waals surface area contributed by atoms with Crippen molar-refractivity contribution in [3.8, 4) is 5.75 Å². The first kappa shape index (κ1) is 15.1. The van der Waals surface area contributed by atoms with Gasteiger partial charge in [0.15, 0.2) is 0 Å². The van der Waals surface area contributed by atoms with Gasteiger partial charge in [-0.15, -0.1) is 11.6 Å². The average Bonchev–Trinajstić information content (AvgIpc) is 2.37. The van der Waals surface area contributed by atoms with Crippen molar-refractivity contribution in [2.75, 3.05) is 26.1 Å². The Morgan fingerprint density at radius 3 is 2.67 bits per heavy atom. The Balaban J connectivity index is 3.02. The number of carbonyl (C=O) groups excluding carboxylic acids is 1. The fraction of sp³-hybridized carbons (Fsp3) is 0.462. The van der Waals surface area contributed by atoms with Crippen LogP contribution in [0.25, 0.3) is 0 Å². The van der Waals surface area contributed by atoms with Crippen LogP contribution in [0.15, 0.2) is 18.2 Å². The molecule has 1 amide bonds. The number of halogens is 2. The van der Waals surface area contributed by atoms with Gasteiger partial charge in [-0.3, -0.25) is 4.79 Å². The molecule has 0 aliphatic heterocycles. The highest BCUT2D eigenvalue weighted by Gasteiger charge is 2.18. The number of alkyl halides is 1. The molecular weight excluding hydrogens is 273 g/mol. The molecule has 0 aromatic heterocycles. The molecule has 0 fully saturated rings. The van der Waals surface area contributed by atoms with Crippen LogP contribution in [0.2, 0.25) is 5.02 Å². The Kier molecular flexibility index (Phi) is 6.30. The third kappa shape index (κ3) is 3.79. The van der Waals surface area contributed by atoms with Crippen molar-refractivity contribution in [2.24, 2.45) is 0 Å². The summed E-state index contributed by atoms with van der Waals surface area (Å²) in [6.07, 6.45) is 0.880. The zero-order valence-corrected chi connectivity index (χ0v) is 12.1. The Hall–Kier alpha value is -0.930. The van der Waals surface area contributed by atoms with E-state index in [9.17, 15) is 4.79 Å². The van der Waals surface area contributed by atoms with Gasteiger partial charge in [-0.25, -0.2) is 0 Å². The van der Waals surface area contributed by atoms with Crippen LogP contribution >= 0.6 is 23.2 Å². The van der Waals surface area contributed by atoms with Gasteiger partial charge in [-0.05, 0) is 24.6 Å². The van der Waals surface area contributed by atoms with Crippen molar-refractivity contribution in [2.45, 2.75) is 13.3 Å². The lowest BCUT2D eigenvalue weighted by Crippen LogP contribution is -2.33. The minimum atomic E-state index is -0.100. The first-order valence-electron chi connectivity index (χ1n) is 5.82. The molecule has 0 unspecified atom stereocenters. The van der Waals surface area contributed by atoms with Crippen molar-refractivity contribution in [1.29, 1.82) is 0 Å². The third-order valence-corrected chi connectivity index (χ3v) is 2.93. The average molecular weight is 290 g/mol. The molecule has 0 saturated heterocycles. The number of hydrogen-bond acceptors (Lipinski definition) is 2. The summed E-state index contributed by atoms with van der Waals surface area (Å²) < 4.78 is 5.19. The minimum absolute atomic E-state index is 0.100. The zero-order valence-electron chi connectivity index (χ0n) is 10.6. The number of amides is 1. The highest BCUT2D eigenvalue weighted by Crippen LogP contribution is 2.24. The van der Waals surface area contributed by atoms with Crippen LogP contribution in [0.3, 0.4) is 0 Å². The summed E-state index contributed by atoms with van der Waals surface area (Å²) in [5, 5.41) is 0.515. The molecule has 0 bridgehead atoms. The molecule has 18 heavy (non-hydrogen) atoms. The predicted molar refractivity (Wildman–Crippen MR) is 74.9 cm³/mol. The van der Waals surface area contributed by atoms with Gasteiger partial charge in [-0.2, -0.15) is 0 Å². The van der Waals surface area contributed by atoms with Crippen molar-refractivity contribution in [3.63, 3.8) is 0 Å². The van der Waals surface area contributed by atoms with Crippen LogP contribution in [-0.4, -0.2) is 36.9 Å². The van der Waals surface area contributed by atoms with E-state index in [1.807, 2.05) is 6.92 Å². The monoisotopic (exact) mass is 289 g/mol. The number of methoxy groups -OCH3 is 1. The quantitative estimate of drug-likeness (QED) is 0.751. The normalized spacial score (nSPS) is 10.2. The number of ether oxygens (including phenoxy) is 1. The lowest BCUT2D eigenvalue weighted by molar-refractivity contribution is 0.0762. The van der Waals surface area contributed by atoms with E-state index in [-0.39, 0.29) is 5.91 Å². The molecular formula is C13H17Cl2NO2. The van der Waals surface area contributed by atoms with Gasteiger partial charge >= 0.3 is 0 Å². The molecule has 1 aromatic carbocycles. The van der Waals surface area contributed by atoms with Gasteiger partial charge in [0.25, 0.3) is 5.91 Å². The summed E-state index contributed by atoms with van der Waals surface area (Å²) in [7, 11) is 1.53. The summed E-state index contributed by atoms with van der Waals surface area (Å²) in [5.41, 5.74) is 0.476. The van der Waals surface area contributed by atoms with Crippen LogP contribution in [0.5, 0.6) is 5.75 Å². The maximum atomic E-state index is 12.4. The summed E-state index contributed by atoms with van der Waals surface area (Å²) in [6.45, 7) is 3.20. The van der Waals surface area contributed by atoms with Crippen molar-refractivity contribution >= 4 is 29.1 Å². The Bertz CT molecular complexity index is 404. The second kappa shape index (κ2) is 7.49. The van der Waals surface area contributed by atoms with Crippen LogP contribution in [0.1, 0.15) is 23.7 Å². The molecule has 0 atom stereocenters. The van der Waals surface area contributed by atoms with E-state index >= 15 is 0 Å². The van der Waals surface area contributed by atoms with Gasteiger partial charge in [0.05, 0.1) is 12.7 Å². The highest BCUT2D eigenvalue weighted by atomic mass is 35.5. The summed E-state index contributed by atoms with van der Waals surface area (Å²) >= 11 is 11.6. The van der Waals surface area contributed by atoms with Gasteiger partial charge in [0, 0.05) is 24.0 Å².